The number of aliphatic hydroxyl groups is 1. The van der Waals surface area contributed by atoms with Crippen molar-refractivity contribution in [2.45, 2.75) is 19.8 Å². The van der Waals surface area contributed by atoms with Gasteiger partial charge in [-0.25, -0.2) is 0 Å². The molecule has 0 radical (unpaired) electrons. The Morgan fingerprint density at radius 1 is 1.46 bits per heavy atom. The summed E-state index contributed by atoms with van der Waals surface area (Å²) in [6, 6.07) is 3.73. The smallest absolute Gasteiger partial charge is 0.133 e. The molecule has 2 nitrogen and oxygen atoms in total. The Hall–Kier alpha value is -0.540. The summed E-state index contributed by atoms with van der Waals surface area (Å²) in [7, 11) is 0. The molecule has 0 aliphatic carbocycles. The van der Waals surface area contributed by atoms with Crippen LogP contribution in [0.2, 0.25) is 0 Å². The lowest BCUT2D eigenvalue weighted by molar-refractivity contribution is 0.270. The maximum Gasteiger partial charge on any atom is 0.133 e. The molecule has 0 aliphatic heterocycles. The average Bonchev–Trinajstić information content (AvgIpc) is 2.12. The average molecular weight is 245 g/mol. The second-order valence-electron chi connectivity index (χ2n) is 3.21. The number of hydrogen-bond acceptors (Lipinski definition) is 2. The highest BCUT2D eigenvalue weighted by molar-refractivity contribution is 9.10. The van der Waals surface area contributed by atoms with Crippen molar-refractivity contribution >= 4 is 15.9 Å². The number of aryl methyl sites for hydroxylation is 1. The summed E-state index contributed by atoms with van der Waals surface area (Å²) >= 11 is 3.25. The summed E-state index contributed by atoms with van der Waals surface area (Å²) in [4.78, 5) is 0. The molecule has 0 bridgehead atoms. The molecule has 1 aromatic rings. The van der Waals surface area contributed by atoms with E-state index in [9.17, 15) is 5.11 Å². The molecule has 0 aliphatic rings. The van der Waals surface area contributed by atoms with Gasteiger partial charge in [0, 0.05) is 18.1 Å². The first-order valence-electron chi connectivity index (χ1n) is 4.16. The van der Waals surface area contributed by atoms with Crippen LogP contribution in [-0.4, -0.2) is 16.8 Å². The van der Waals surface area contributed by atoms with Crippen molar-refractivity contribution in [2.24, 2.45) is 0 Å². The van der Waals surface area contributed by atoms with Crippen molar-refractivity contribution in [3.63, 3.8) is 0 Å². The first-order chi connectivity index (χ1) is 6.07. The first-order valence-corrected chi connectivity index (χ1v) is 4.96. The van der Waals surface area contributed by atoms with E-state index in [-0.39, 0.29) is 18.3 Å². The van der Waals surface area contributed by atoms with E-state index in [4.69, 9.17) is 5.11 Å². The third kappa shape index (κ3) is 2.03. The van der Waals surface area contributed by atoms with E-state index in [2.05, 4.69) is 15.9 Å². The van der Waals surface area contributed by atoms with E-state index in [1.54, 1.807) is 6.07 Å². The summed E-state index contributed by atoms with van der Waals surface area (Å²) in [5, 5.41) is 18.7. The molecule has 0 amide bonds. The van der Waals surface area contributed by atoms with Crippen LogP contribution < -0.4 is 0 Å². The Bertz CT molecular complexity index is 310. The molecule has 1 rings (SSSR count). The number of hydrogen-bond donors (Lipinski definition) is 2. The Morgan fingerprint density at radius 3 is 2.62 bits per heavy atom. The molecule has 1 atom stereocenters. The highest BCUT2D eigenvalue weighted by Gasteiger charge is 2.14. The maximum absolute atomic E-state index is 9.72. The normalized spacial score (nSPS) is 12.9. The molecule has 0 heterocycles. The standard InChI is InChI=1S/C10H13BrO2/c1-6-3-4-8(11)10(13)9(6)7(2)5-12/h3-4,7,12-13H,5H2,1-2H3. The quantitative estimate of drug-likeness (QED) is 0.840. The Balaban J connectivity index is 3.25. The van der Waals surface area contributed by atoms with Crippen molar-refractivity contribution in [2.75, 3.05) is 6.61 Å². The Kier molecular flexibility index (Phi) is 3.33. The molecule has 0 saturated heterocycles. The van der Waals surface area contributed by atoms with Gasteiger partial charge in [0.1, 0.15) is 5.75 Å². The van der Waals surface area contributed by atoms with Gasteiger partial charge < -0.3 is 10.2 Å². The van der Waals surface area contributed by atoms with Crippen LogP contribution in [0.1, 0.15) is 24.0 Å². The SMILES string of the molecule is Cc1ccc(Br)c(O)c1C(C)CO. The number of phenols is 1. The van der Waals surface area contributed by atoms with Crippen LogP contribution in [-0.2, 0) is 0 Å². The zero-order valence-electron chi connectivity index (χ0n) is 7.71. The number of aliphatic hydroxyl groups excluding tert-OH is 1. The van der Waals surface area contributed by atoms with Gasteiger partial charge in [0.2, 0.25) is 0 Å². The molecule has 2 N–H and O–H groups in total. The van der Waals surface area contributed by atoms with Gasteiger partial charge in [-0.2, -0.15) is 0 Å². The number of benzene rings is 1. The molecule has 1 aromatic carbocycles. The van der Waals surface area contributed by atoms with Crippen molar-refractivity contribution in [3.05, 3.63) is 27.7 Å². The van der Waals surface area contributed by atoms with Gasteiger partial charge in [-0.15, -0.1) is 0 Å². The van der Waals surface area contributed by atoms with Crippen LogP contribution >= 0.6 is 15.9 Å². The fraction of sp³-hybridized carbons (Fsp3) is 0.400. The highest BCUT2D eigenvalue weighted by Crippen LogP contribution is 2.34. The van der Waals surface area contributed by atoms with Crippen molar-refractivity contribution in [3.8, 4) is 5.75 Å². The molecule has 0 spiro atoms. The lowest BCUT2D eigenvalue weighted by atomic mass is 9.96. The first kappa shape index (κ1) is 10.5. The van der Waals surface area contributed by atoms with Gasteiger partial charge in [-0.3, -0.25) is 0 Å². The summed E-state index contributed by atoms with van der Waals surface area (Å²) < 4.78 is 0.674. The third-order valence-electron chi connectivity index (χ3n) is 2.15. The third-order valence-corrected chi connectivity index (χ3v) is 2.79. The monoisotopic (exact) mass is 244 g/mol. The fourth-order valence-electron chi connectivity index (χ4n) is 1.40. The minimum Gasteiger partial charge on any atom is -0.506 e. The molecule has 13 heavy (non-hydrogen) atoms. The van der Waals surface area contributed by atoms with Crippen molar-refractivity contribution < 1.29 is 10.2 Å². The zero-order chi connectivity index (χ0) is 10.0. The van der Waals surface area contributed by atoms with E-state index in [1.807, 2.05) is 19.9 Å². The fourth-order valence-corrected chi connectivity index (χ4v) is 1.74. The summed E-state index contributed by atoms with van der Waals surface area (Å²) in [6.45, 7) is 3.85. The van der Waals surface area contributed by atoms with Crippen LogP contribution in [0.3, 0.4) is 0 Å². The van der Waals surface area contributed by atoms with Crippen molar-refractivity contribution in [1.29, 1.82) is 0 Å². The minimum atomic E-state index is -0.0301. The van der Waals surface area contributed by atoms with Gasteiger partial charge in [0.05, 0.1) is 4.47 Å². The summed E-state index contributed by atoms with van der Waals surface area (Å²) in [5.41, 5.74) is 1.82. The predicted molar refractivity (Wildman–Crippen MR) is 56.0 cm³/mol. The van der Waals surface area contributed by atoms with E-state index < -0.39 is 0 Å². The van der Waals surface area contributed by atoms with E-state index in [0.717, 1.165) is 11.1 Å². The molecule has 0 fully saturated rings. The predicted octanol–water partition coefficient (Wildman–Crippen LogP) is 2.56. The van der Waals surface area contributed by atoms with Crippen LogP contribution in [0.25, 0.3) is 0 Å². The Labute approximate surface area is 86.3 Å². The van der Waals surface area contributed by atoms with E-state index in [1.165, 1.54) is 0 Å². The lowest BCUT2D eigenvalue weighted by Gasteiger charge is -2.14. The summed E-state index contributed by atoms with van der Waals surface area (Å²) in [6.07, 6.45) is 0. The molecular weight excluding hydrogens is 232 g/mol. The number of phenolic OH excluding ortho intramolecular Hbond substituents is 1. The molecular formula is C10H13BrO2. The molecule has 72 valence electrons. The largest absolute Gasteiger partial charge is 0.506 e. The number of aromatic hydroxyl groups is 1. The second kappa shape index (κ2) is 4.11. The zero-order valence-corrected chi connectivity index (χ0v) is 9.30. The van der Waals surface area contributed by atoms with Gasteiger partial charge in [-0.05, 0) is 34.5 Å². The minimum absolute atomic E-state index is 0.0301. The molecule has 0 aromatic heterocycles. The van der Waals surface area contributed by atoms with E-state index >= 15 is 0 Å². The molecule has 0 saturated carbocycles. The van der Waals surface area contributed by atoms with E-state index in [0.29, 0.717) is 4.47 Å². The summed E-state index contributed by atoms with van der Waals surface area (Å²) in [5.74, 6) is 0.207. The van der Waals surface area contributed by atoms with Crippen LogP contribution in [0.15, 0.2) is 16.6 Å². The lowest BCUT2D eigenvalue weighted by Crippen LogP contribution is -2.02. The van der Waals surface area contributed by atoms with Gasteiger partial charge in [-0.1, -0.05) is 13.0 Å². The second-order valence-corrected chi connectivity index (χ2v) is 4.06. The number of halogens is 1. The van der Waals surface area contributed by atoms with Gasteiger partial charge in [0.25, 0.3) is 0 Å². The van der Waals surface area contributed by atoms with Crippen LogP contribution in [0, 0.1) is 6.92 Å². The van der Waals surface area contributed by atoms with Crippen molar-refractivity contribution in [1.82, 2.24) is 0 Å². The van der Waals surface area contributed by atoms with Gasteiger partial charge >= 0.3 is 0 Å². The Morgan fingerprint density at radius 2 is 2.08 bits per heavy atom. The molecule has 1 unspecified atom stereocenters. The van der Waals surface area contributed by atoms with Crippen LogP contribution in [0.4, 0.5) is 0 Å². The topological polar surface area (TPSA) is 40.5 Å². The maximum atomic E-state index is 9.72. The van der Waals surface area contributed by atoms with Crippen LogP contribution in [0.5, 0.6) is 5.75 Å². The molecule has 3 heteroatoms. The highest BCUT2D eigenvalue weighted by atomic mass is 79.9. The van der Waals surface area contributed by atoms with Gasteiger partial charge in [0.15, 0.2) is 0 Å². The number of rotatable bonds is 2.